The van der Waals surface area contributed by atoms with Gasteiger partial charge < -0.3 is 0 Å². The maximum Gasteiger partial charge on any atom is 0.175 e. The van der Waals surface area contributed by atoms with E-state index in [1.54, 1.807) is 48.5 Å². The molecule has 0 unspecified atom stereocenters. The third kappa shape index (κ3) is 4.97. The van der Waals surface area contributed by atoms with Gasteiger partial charge in [-0.05, 0) is 24.3 Å². The fraction of sp³-hybridized carbons (Fsp3) is 0.125. The Kier molecular flexibility index (Phi) is 6.23. The largest absolute Gasteiger partial charge is 0.293 e. The van der Waals surface area contributed by atoms with Gasteiger partial charge in [-0.1, -0.05) is 56.1 Å². The minimum absolute atomic E-state index is 0.149. The van der Waals surface area contributed by atoms with E-state index in [9.17, 15) is 13.8 Å². The summed E-state index contributed by atoms with van der Waals surface area (Å²) in [7, 11) is -1.51. The fourth-order valence-corrected chi connectivity index (χ4v) is 3.33. The number of hydrogen-bond donors (Lipinski definition) is 0. The Labute approximate surface area is 147 Å². The molecule has 0 saturated heterocycles. The Morgan fingerprint density at radius 1 is 0.727 bits per heavy atom. The zero-order valence-electron chi connectivity index (χ0n) is 11.4. The van der Waals surface area contributed by atoms with E-state index >= 15 is 0 Å². The summed E-state index contributed by atoms with van der Waals surface area (Å²) in [5, 5.41) is 0. The summed E-state index contributed by atoms with van der Waals surface area (Å²) in [6, 6.07) is 13.7. The number of carbonyl (C=O) groups excluding carboxylic acids is 2. The molecule has 2 aromatic carbocycles. The number of hydrogen-bond acceptors (Lipinski definition) is 3. The van der Waals surface area contributed by atoms with Crippen molar-refractivity contribution in [1.82, 2.24) is 0 Å². The van der Waals surface area contributed by atoms with Gasteiger partial charge in [0.1, 0.15) is 0 Å². The highest BCUT2D eigenvalue weighted by Gasteiger charge is 2.15. The SMILES string of the molecule is O=C(CS(=O)CC(=O)c1ccc(Br)cc1)c1ccc(Br)cc1. The number of rotatable bonds is 6. The van der Waals surface area contributed by atoms with Crippen LogP contribution in [-0.4, -0.2) is 27.3 Å². The van der Waals surface area contributed by atoms with Crippen LogP contribution in [0.25, 0.3) is 0 Å². The first-order valence-corrected chi connectivity index (χ1v) is 9.45. The van der Waals surface area contributed by atoms with Crippen molar-refractivity contribution in [2.24, 2.45) is 0 Å². The summed E-state index contributed by atoms with van der Waals surface area (Å²) in [6.45, 7) is 0. The quantitative estimate of drug-likeness (QED) is 0.633. The summed E-state index contributed by atoms with van der Waals surface area (Å²) in [5.74, 6) is -0.753. The first-order chi connectivity index (χ1) is 10.5. The van der Waals surface area contributed by atoms with Crippen LogP contribution < -0.4 is 0 Å². The molecule has 114 valence electrons. The predicted octanol–water partition coefficient (Wildman–Crippen LogP) is 4.03. The lowest BCUT2D eigenvalue weighted by molar-refractivity contribution is 0.102. The average Bonchev–Trinajstić information content (AvgIpc) is 2.48. The van der Waals surface area contributed by atoms with E-state index in [0.717, 1.165) is 8.95 Å². The van der Waals surface area contributed by atoms with Crippen LogP contribution in [0.2, 0.25) is 0 Å². The van der Waals surface area contributed by atoms with Crippen molar-refractivity contribution in [3.8, 4) is 0 Å². The maximum absolute atomic E-state index is 12.0. The minimum Gasteiger partial charge on any atom is -0.293 e. The van der Waals surface area contributed by atoms with Gasteiger partial charge in [0, 0.05) is 30.9 Å². The van der Waals surface area contributed by atoms with Crippen LogP contribution in [0.5, 0.6) is 0 Å². The molecule has 22 heavy (non-hydrogen) atoms. The maximum atomic E-state index is 12.0. The summed E-state index contributed by atoms with van der Waals surface area (Å²) in [6.07, 6.45) is 0. The van der Waals surface area contributed by atoms with Crippen LogP contribution in [0.15, 0.2) is 57.5 Å². The molecule has 0 bridgehead atoms. The lowest BCUT2D eigenvalue weighted by atomic mass is 10.1. The molecule has 0 heterocycles. The predicted molar refractivity (Wildman–Crippen MR) is 94.8 cm³/mol. The molecule has 0 radical (unpaired) electrons. The second kappa shape index (κ2) is 7.94. The lowest BCUT2D eigenvalue weighted by Gasteiger charge is -2.03. The topological polar surface area (TPSA) is 51.2 Å². The normalized spacial score (nSPS) is 10.7. The van der Waals surface area contributed by atoms with E-state index in [2.05, 4.69) is 31.9 Å². The van der Waals surface area contributed by atoms with Crippen LogP contribution in [0.3, 0.4) is 0 Å². The van der Waals surface area contributed by atoms with Crippen LogP contribution in [0.4, 0.5) is 0 Å². The third-order valence-electron chi connectivity index (χ3n) is 2.92. The van der Waals surface area contributed by atoms with Crippen LogP contribution in [0, 0.1) is 0 Å². The Bertz CT molecular complexity index is 648. The van der Waals surface area contributed by atoms with Gasteiger partial charge >= 0.3 is 0 Å². The number of carbonyl (C=O) groups is 2. The van der Waals surface area contributed by atoms with Gasteiger partial charge in [-0.25, -0.2) is 0 Å². The highest BCUT2D eigenvalue weighted by Crippen LogP contribution is 2.13. The van der Waals surface area contributed by atoms with E-state index in [0.29, 0.717) is 11.1 Å². The first-order valence-electron chi connectivity index (χ1n) is 6.38. The molecule has 0 aromatic heterocycles. The standard InChI is InChI=1S/C16H12Br2O3S/c17-13-5-1-11(2-6-13)15(19)9-22(21)10-16(20)12-3-7-14(18)8-4-12/h1-8H,9-10H2. The summed E-state index contributed by atoms with van der Waals surface area (Å²) < 4.78 is 13.7. The number of Topliss-reactive ketones (excluding diaryl/α,β-unsaturated/α-hetero) is 2. The molecule has 2 aromatic rings. The minimum atomic E-state index is -1.51. The molecule has 0 aliphatic rings. The molecule has 0 spiro atoms. The van der Waals surface area contributed by atoms with E-state index < -0.39 is 10.8 Å². The first kappa shape index (κ1) is 17.2. The molecule has 2 rings (SSSR count). The molecule has 0 fully saturated rings. The number of halogens is 2. The Morgan fingerprint density at radius 2 is 1.05 bits per heavy atom. The van der Waals surface area contributed by atoms with Crippen molar-refractivity contribution in [3.63, 3.8) is 0 Å². The third-order valence-corrected chi connectivity index (χ3v) is 5.14. The van der Waals surface area contributed by atoms with Gasteiger partial charge in [0.15, 0.2) is 11.6 Å². The van der Waals surface area contributed by atoms with Crippen LogP contribution in [0.1, 0.15) is 20.7 Å². The van der Waals surface area contributed by atoms with E-state index in [4.69, 9.17) is 0 Å². The zero-order chi connectivity index (χ0) is 16.1. The molecular weight excluding hydrogens is 432 g/mol. The highest BCUT2D eigenvalue weighted by molar-refractivity contribution is 9.10. The van der Waals surface area contributed by atoms with Crippen molar-refractivity contribution in [3.05, 3.63) is 68.6 Å². The molecule has 0 amide bonds. The van der Waals surface area contributed by atoms with Gasteiger partial charge in [-0.15, -0.1) is 0 Å². The fourth-order valence-electron chi connectivity index (χ4n) is 1.78. The summed E-state index contributed by atoms with van der Waals surface area (Å²) >= 11 is 6.58. The average molecular weight is 444 g/mol. The molecular formula is C16H12Br2O3S. The van der Waals surface area contributed by atoms with E-state index in [1.807, 2.05) is 0 Å². The Balaban J connectivity index is 1.95. The summed E-state index contributed by atoms with van der Waals surface area (Å²) in [5.41, 5.74) is 0.986. The lowest BCUT2D eigenvalue weighted by Crippen LogP contribution is -2.18. The van der Waals surface area contributed by atoms with Crippen LogP contribution in [-0.2, 0) is 10.8 Å². The van der Waals surface area contributed by atoms with Gasteiger partial charge in [0.05, 0.1) is 11.5 Å². The second-order valence-electron chi connectivity index (χ2n) is 4.59. The Morgan fingerprint density at radius 3 is 1.36 bits per heavy atom. The molecule has 0 saturated carbocycles. The second-order valence-corrected chi connectivity index (χ2v) is 7.88. The van der Waals surface area contributed by atoms with Gasteiger partial charge in [-0.3, -0.25) is 13.8 Å². The summed E-state index contributed by atoms with van der Waals surface area (Å²) in [4.78, 5) is 24.0. The molecule has 3 nitrogen and oxygen atoms in total. The van der Waals surface area contributed by atoms with Crippen molar-refractivity contribution >= 4 is 54.2 Å². The van der Waals surface area contributed by atoms with Crippen molar-refractivity contribution < 1.29 is 13.8 Å². The molecule has 0 aliphatic carbocycles. The Hall–Kier alpha value is -1.11. The van der Waals surface area contributed by atoms with Crippen molar-refractivity contribution in [2.45, 2.75) is 0 Å². The molecule has 6 heteroatoms. The van der Waals surface area contributed by atoms with Gasteiger partial charge in [-0.2, -0.15) is 0 Å². The van der Waals surface area contributed by atoms with Gasteiger partial charge in [0.2, 0.25) is 0 Å². The van der Waals surface area contributed by atoms with Gasteiger partial charge in [0.25, 0.3) is 0 Å². The molecule has 0 atom stereocenters. The van der Waals surface area contributed by atoms with E-state index in [-0.39, 0.29) is 23.1 Å². The monoisotopic (exact) mass is 442 g/mol. The number of ketones is 2. The smallest absolute Gasteiger partial charge is 0.175 e. The molecule has 0 aliphatic heterocycles. The number of benzene rings is 2. The van der Waals surface area contributed by atoms with Crippen molar-refractivity contribution in [1.29, 1.82) is 0 Å². The van der Waals surface area contributed by atoms with Crippen LogP contribution >= 0.6 is 31.9 Å². The van der Waals surface area contributed by atoms with Crippen molar-refractivity contribution in [2.75, 3.05) is 11.5 Å². The highest BCUT2D eigenvalue weighted by atomic mass is 79.9. The molecule has 0 N–H and O–H groups in total. The zero-order valence-corrected chi connectivity index (χ0v) is 15.4. The van der Waals surface area contributed by atoms with E-state index in [1.165, 1.54) is 0 Å².